The van der Waals surface area contributed by atoms with Crippen molar-refractivity contribution in [1.29, 1.82) is 0 Å². The molecule has 0 spiro atoms. The zero-order valence-corrected chi connectivity index (χ0v) is 13.6. The first-order chi connectivity index (χ1) is 10.0. The highest BCUT2D eigenvalue weighted by molar-refractivity contribution is 7.94. The van der Waals surface area contributed by atoms with Crippen molar-refractivity contribution < 1.29 is 8.42 Å². The van der Waals surface area contributed by atoms with E-state index in [1.165, 1.54) is 24.2 Å². The second kappa shape index (κ2) is 5.96. The number of halogens is 1. The van der Waals surface area contributed by atoms with Crippen LogP contribution in [-0.2, 0) is 16.6 Å². The van der Waals surface area contributed by atoms with E-state index in [-0.39, 0.29) is 0 Å². The summed E-state index contributed by atoms with van der Waals surface area (Å²) in [7, 11) is -3.58. The molecule has 1 aliphatic rings. The van der Waals surface area contributed by atoms with Gasteiger partial charge in [0.15, 0.2) is 0 Å². The van der Waals surface area contributed by atoms with Crippen LogP contribution in [0.1, 0.15) is 17.7 Å². The number of rotatable bonds is 6. The largest absolute Gasteiger partial charge is 0.309 e. The van der Waals surface area contributed by atoms with Crippen LogP contribution in [0.3, 0.4) is 0 Å². The van der Waals surface area contributed by atoms with Crippen molar-refractivity contribution in [1.82, 2.24) is 5.32 Å². The minimum atomic E-state index is -3.58. The molecule has 2 aromatic rings. The summed E-state index contributed by atoms with van der Waals surface area (Å²) >= 11 is 7.26. The van der Waals surface area contributed by atoms with Crippen LogP contribution in [0.25, 0.3) is 0 Å². The highest BCUT2D eigenvalue weighted by Crippen LogP contribution is 2.28. The third-order valence-electron chi connectivity index (χ3n) is 3.16. The van der Waals surface area contributed by atoms with Crippen LogP contribution < -0.4 is 10.0 Å². The van der Waals surface area contributed by atoms with Crippen LogP contribution in [0, 0.1) is 0 Å². The number of nitrogens with one attached hydrogen (secondary N) is 2. The fourth-order valence-electron chi connectivity index (χ4n) is 1.87. The topological polar surface area (TPSA) is 58.2 Å². The Morgan fingerprint density at radius 3 is 2.67 bits per heavy atom. The molecular weight excluding hydrogens is 328 g/mol. The van der Waals surface area contributed by atoms with Gasteiger partial charge in [0.25, 0.3) is 10.0 Å². The molecule has 1 fully saturated rings. The van der Waals surface area contributed by atoms with E-state index in [4.69, 9.17) is 11.6 Å². The van der Waals surface area contributed by atoms with Gasteiger partial charge >= 0.3 is 0 Å². The number of thiophene rings is 1. The van der Waals surface area contributed by atoms with Gasteiger partial charge in [-0.2, -0.15) is 0 Å². The van der Waals surface area contributed by atoms with Gasteiger partial charge in [-0.1, -0.05) is 23.7 Å². The van der Waals surface area contributed by atoms with Crippen molar-refractivity contribution >= 4 is 38.6 Å². The van der Waals surface area contributed by atoms with Gasteiger partial charge in [-0.25, -0.2) is 8.42 Å². The van der Waals surface area contributed by atoms with E-state index in [2.05, 4.69) is 10.0 Å². The predicted octanol–water partition coefficient (Wildman–Crippen LogP) is 3.45. The predicted molar refractivity (Wildman–Crippen MR) is 86.4 cm³/mol. The second-order valence-electron chi connectivity index (χ2n) is 4.96. The summed E-state index contributed by atoms with van der Waals surface area (Å²) in [6, 6.07) is 10.9. The van der Waals surface area contributed by atoms with Crippen LogP contribution in [0.2, 0.25) is 5.02 Å². The van der Waals surface area contributed by atoms with Crippen LogP contribution in [0.15, 0.2) is 40.6 Å². The number of hydrogen-bond donors (Lipinski definition) is 2. The highest BCUT2D eigenvalue weighted by Gasteiger charge is 2.21. The number of hydrogen-bond acceptors (Lipinski definition) is 4. The Kier molecular flexibility index (Phi) is 4.21. The fourth-order valence-corrected chi connectivity index (χ4v) is 4.49. The van der Waals surface area contributed by atoms with E-state index in [1.54, 1.807) is 30.3 Å². The third kappa shape index (κ3) is 3.77. The number of para-hydroxylation sites is 1. The molecule has 3 rings (SSSR count). The van der Waals surface area contributed by atoms with Gasteiger partial charge < -0.3 is 5.32 Å². The standard InChI is InChI=1S/C14H15ClN2O2S2/c15-12-3-1-2-4-13(12)17-21(18,19)14-8-7-11(20-14)9-16-10-5-6-10/h1-4,7-8,10,16-17H,5-6,9H2. The number of sulfonamides is 1. The normalized spacial score (nSPS) is 15.1. The van der Waals surface area contributed by atoms with Crippen LogP contribution >= 0.6 is 22.9 Å². The molecule has 0 saturated heterocycles. The summed E-state index contributed by atoms with van der Waals surface area (Å²) in [5.41, 5.74) is 0.394. The van der Waals surface area contributed by atoms with Crippen LogP contribution in [-0.4, -0.2) is 14.5 Å². The van der Waals surface area contributed by atoms with Gasteiger partial charge in [0.05, 0.1) is 10.7 Å². The molecule has 21 heavy (non-hydrogen) atoms. The zero-order valence-electron chi connectivity index (χ0n) is 11.2. The Morgan fingerprint density at radius 1 is 1.19 bits per heavy atom. The first-order valence-electron chi connectivity index (χ1n) is 6.64. The van der Waals surface area contributed by atoms with Crippen molar-refractivity contribution in [3.63, 3.8) is 0 Å². The van der Waals surface area contributed by atoms with E-state index in [0.29, 0.717) is 21.0 Å². The van der Waals surface area contributed by atoms with Crippen molar-refractivity contribution in [3.8, 4) is 0 Å². The lowest BCUT2D eigenvalue weighted by Crippen LogP contribution is -2.14. The molecule has 1 aliphatic carbocycles. The molecule has 0 atom stereocenters. The summed E-state index contributed by atoms with van der Waals surface area (Å²) in [4.78, 5) is 1.02. The van der Waals surface area contributed by atoms with Gasteiger partial charge in [0.2, 0.25) is 0 Å². The Bertz CT molecular complexity index is 739. The summed E-state index contributed by atoms with van der Waals surface area (Å²) in [5, 5.41) is 3.75. The van der Waals surface area contributed by atoms with Crippen LogP contribution in [0.5, 0.6) is 0 Å². The molecule has 0 amide bonds. The molecule has 0 bridgehead atoms. The molecule has 1 heterocycles. The molecular formula is C14H15ClN2O2S2. The summed E-state index contributed by atoms with van der Waals surface area (Å²) in [6.45, 7) is 0.719. The third-order valence-corrected chi connectivity index (χ3v) is 6.43. The lowest BCUT2D eigenvalue weighted by Gasteiger charge is -2.07. The first kappa shape index (κ1) is 14.8. The van der Waals surface area contributed by atoms with E-state index < -0.39 is 10.0 Å². The number of benzene rings is 1. The SMILES string of the molecule is O=S(=O)(Nc1ccccc1Cl)c1ccc(CNC2CC2)s1. The van der Waals surface area contributed by atoms with E-state index in [1.807, 2.05) is 6.07 Å². The van der Waals surface area contributed by atoms with Crippen molar-refractivity contribution in [2.75, 3.05) is 4.72 Å². The molecule has 1 aromatic heterocycles. The minimum Gasteiger partial charge on any atom is -0.309 e. The Hall–Kier alpha value is -1.08. The molecule has 1 aromatic carbocycles. The molecule has 0 radical (unpaired) electrons. The molecule has 7 heteroatoms. The average molecular weight is 343 g/mol. The summed E-state index contributed by atoms with van der Waals surface area (Å²) in [6.07, 6.45) is 2.43. The van der Waals surface area contributed by atoms with Crippen LogP contribution in [0.4, 0.5) is 5.69 Å². The monoisotopic (exact) mass is 342 g/mol. The van der Waals surface area contributed by atoms with E-state index in [0.717, 1.165) is 11.4 Å². The van der Waals surface area contributed by atoms with Crippen molar-refractivity contribution in [2.45, 2.75) is 29.6 Å². The Labute approximate surface area is 133 Å². The second-order valence-corrected chi connectivity index (χ2v) is 8.45. The molecule has 1 saturated carbocycles. The molecule has 112 valence electrons. The lowest BCUT2D eigenvalue weighted by atomic mass is 10.3. The maximum atomic E-state index is 12.3. The van der Waals surface area contributed by atoms with Gasteiger partial charge in [0, 0.05) is 17.5 Å². The fraction of sp³-hybridized carbons (Fsp3) is 0.286. The molecule has 4 nitrogen and oxygen atoms in total. The van der Waals surface area contributed by atoms with Crippen molar-refractivity contribution in [3.05, 3.63) is 46.3 Å². The number of anilines is 1. The first-order valence-corrected chi connectivity index (χ1v) is 9.32. The van der Waals surface area contributed by atoms with E-state index in [9.17, 15) is 8.42 Å². The maximum absolute atomic E-state index is 12.3. The van der Waals surface area contributed by atoms with Gasteiger partial charge in [-0.3, -0.25) is 4.72 Å². The smallest absolute Gasteiger partial charge is 0.271 e. The van der Waals surface area contributed by atoms with Gasteiger partial charge in [-0.15, -0.1) is 11.3 Å². The summed E-state index contributed by atoms with van der Waals surface area (Å²) < 4.78 is 27.5. The molecule has 0 aliphatic heterocycles. The average Bonchev–Trinajstić information content (AvgIpc) is 3.15. The highest BCUT2D eigenvalue weighted by atomic mass is 35.5. The van der Waals surface area contributed by atoms with Gasteiger partial charge in [-0.05, 0) is 37.1 Å². The maximum Gasteiger partial charge on any atom is 0.271 e. The minimum absolute atomic E-state index is 0.301. The van der Waals surface area contributed by atoms with Gasteiger partial charge in [0.1, 0.15) is 4.21 Å². The zero-order chi connectivity index (χ0) is 14.9. The lowest BCUT2D eigenvalue weighted by molar-refractivity contribution is 0.603. The quantitative estimate of drug-likeness (QED) is 0.845. The van der Waals surface area contributed by atoms with E-state index >= 15 is 0 Å². The summed E-state index contributed by atoms with van der Waals surface area (Å²) in [5.74, 6) is 0. The Morgan fingerprint density at radius 2 is 1.95 bits per heavy atom. The Balaban J connectivity index is 1.73. The van der Waals surface area contributed by atoms with Crippen molar-refractivity contribution in [2.24, 2.45) is 0 Å². The molecule has 0 unspecified atom stereocenters. The molecule has 2 N–H and O–H groups in total.